The van der Waals surface area contributed by atoms with Crippen molar-refractivity contribution in [2.24, 2.45) is 5.92 Å². The summed E-state index contributed by atoms with van der Waals surface area (Å²) < 4.78 is 16.0. The fourth-order valence-corrected chi connectivity index (χ4v) is 3.40. The summed E-state index contributed by atoms with van der Waals surface area (Å²) in [5.41, 5.74) is 1.44. The Labute approximate surface area is 154 Å². The lowest BCUT2D eigenvalue weighted by Crippen LogP contribution is -2.34. The molecule has 2 heterocycles. The van der Waals surface area contributed by atoms with Crippen molar-refractivity contribution in [3.8, 4) is 0 Å². The van der Waals surface area contributed by atoms with Gasteiger partial charge in [0.15, 0.2) is 0 Å². The van der Waals surface area contributed by atoms with Gasteiger partial charge in [0.2, 0.25) is 4.84 Å². The summed E-state index contributed by atoms with van der Waals surface area (Å²) >= 11 is 11.1. The highest BCUT2D eigenvalue weighted by atomic mass is 35.5. The molecule has 1 saturated heterocycles. The highest BCUT2D eigenvalue weighted by molar-refractivity contribution is 6.52. The molecule has 0 aromatic heterocycles. The maximum Gasteiger partial charge on any atom is 0.340 e. The van der Waals surface area contributed by atoms with Crippen molar-refractivity contribution in [2.45, 2.75) is 42.9 Å². The first-order valence-electron chi connectivity index (χ1n) is 7.73. The molecule has 1 fully saturated rings. The normalized spacial score (nSPS) is 33.8. The van der Waals surface area contributed by atoms with E-state index in [-0.39, 0.29) is 18.1 Å². The third-order valence-electron chi connectivity index (χ3n) is 4.41. The van der Waals surface area contributed by atoms with Crippen LogP contribution in [-0.4, -0.2) is 41.1 Å². The van der Waals surface area contributed by atoms with E-state index in [1.165, 1.54) is 0 Å². The second-order valence-electron chi connectivity index (χ2n) is 6.25. The highest BCUT2D eigenvalue weighted by Gasteiger charge is 2.46. The average molecular weight is 387 g/mol. The zero-order chi connectivity index (χ0) is 18.3. The van der Waals surface area contributed by atoms with E-state index in [1.807, 2.05) is 6.92 Å². The van der Waals surface area contributed by atoms with Crippen LogP contribution in [-0.2, 0) is 28.6 Å². The molecule has 3 aliphatic rings. The first kappa shape index (κ1) is 18.0. The number of hydrogen-bond donors (Lipinski definition) is 0. The molecule has 0 amide bonds. The smallest absolute Gasteiger partial charge is 0.340 e. The van der Waals surface area contributed by atoms with Crippen LogP contribution in [0.25, 0.3) is 0 Å². The van der Waals surface area contributed by atoms with E-state index in [0.29, 0.717) is 12.0 Å². The van der Waals surface area contributed by atoms with Crippen LogP contribution < -0.4 is 0 Å². The van der Waals surface area contributed by atoms with Crippen molar-refractivity contribution < 1.29 is 28.6 Å². The van der Waals surface area contributed by atoms with Crippen LogP contribution in [0.3, 0.4) is 0 Å². The van der Waals surface area contributed by atoms with Gasteiger partial charge in [-0.1, -0.05) is 35.4 Å². The molecule has 25 heavy (non-hydrogen) atoms. The van der Waals surface area contributed by atoms with Gasteiger partial charge in [0.05, 0.1) is 5.92 Å². The lowest BCUT2D eigenvalue weighted by molar-refractivity contribution is -0.148. The standard InChI is InChI=1S/C17H16Cl2O6/c1-7-3-10-5-9(16(21)23-10)6-12-13(8(2)15(20)24-12)11(4-7)25-17(22)14(18)19/h4-5,10-14H,2-3,6H2,1H3/b7-4+/t10-,11-,12+,13+/m1/s1. The summed E-state index contributed by atoms with van der Waals surface area (Å²) in [6, 6.07) is 0. The molecular weight excluding hydrogens is 371 g/mol. The lowest BCUT2D eigenvalue weighted by Gasteiger charge is -2.26. The molecule has 3 rings (SSSR count). The number of carbonyl (C=O) groups excluding carboxylic acids is 3. The Balaban J connectivity index is 1.98. The van der Waals surface area contributed by atoms with Crippen molar-refractivity contribution in [2.75, 3.05) is 0 Å². The number of hydrogen-bond acceptors (Lipinski definition) is 6. The maximum absolute atomic E-state index is 12.0. The van der Waals surface area contributed by atoms with E-state index in [1.54, 1.807) is 12.2 Å². The van der Waals surface area contributed by atoms with Crippen LogP contribution in [0.1, 0.15) is 19.8 Å². The zero-order valence-corrected chi connectivity index (χ0v) is 14.9. The summed E-state index contributed by atoms with van der Waals surface area (Å²) in [5.74, 6) is -2.47. The highest BCUT2D eigenvalue weighted by Crippen LogP contribution is 2.38. The van der Waals surface area contributed by atoms with Gasteiger partial charge in [-0.3, -0.25) is 0 Å². The Bertz CT molecular complexity index is 708. The predicted octanol–water partition coefficient (Wildman–Crippen LogP) is 2.39. The molecule has 0 aromatic carbocycles. The van der Waals surface area contributed by atoms with Crippen LogP contribution in [0.4, 0.5) is 0 Å². The molecule has 0 saturated carbocycles. The summed E-state index contributed by atoms with van der Waals surface area (Å²) in [6.45, 7) is 5.57. The molecule has 6 nitrogen and oxygen atoms in total. The van der Waals surface area contributed by atoms with Crippen molar-refractivity contribution >= 4 is 41.1 Å². The largest absolute Gasteiger partial charge is 0.458 e. The second kappa shape index (κ2) is 6.84. The fraction of sp³-hybridized carbons (Fsp3) is 0.471. The van der Waals surface area contributed by atoms with Gasteiger partial charge in [-0.15, -0.1) is 0 Å². The molecule has 1 aliphatic carbocycles. The predicted molar refractivity (Wildman–Crippen MR) is 88.8 cm³/mol. The van der Waals surface area contributed by atoms with Gasteiger partial charge in [0.25, 0.3) is 0 Å². The maximum atomic E-state index is 12.0. The van der Waals surface area contributed by atoms with Crippen LogP contribution in [0.2, 0.25) is 0 Å². The summed E-state index contributed by atoms with van der Waals surface area (Å²) in [6.07, 6.45) is 2.14. The van der Waals surface area contributed by atoms with Crippen molar-refractivity contribution in [1.82, 2.24) is 0 Å². The van der Waals surface area contributed by atoms with Crippen LogP contribution in [0, 0.1) is 5.92 Å². The number of carbonyl (C=O) groups is 3. The Morgan fingerprint density at radius 3 is 2.64 bits per heavy atom. The second-order valence-corrected chi connectivity index (χ2v) is 7.35. The minimum atomic E-state index is -1.35. The van der Waals surface area contributed by atoms with Gasteiger partial charge in [-0.2, -0.15) is 0 Å². The lowest BCUT2D eigenvalue weighted by atomic mass is 9.85. The number of rotatable bonds is 2. The van der Waals surface area contributed by atoms with E-state index in [4.69, 9.17) is 37.4 Å². The van der Waals surface area contributed by atoms with Crippen molar-refractivity contribution in [3.63, 3.8) is 0 Å². The number of ether oxygens (including phenoxy) is 3. The Hall–Kier alpha value is -1.79. The third kappa shape index (κ3) is 3.60. The SMILES string of the molecule is C=C1C(=O)O[C@H]2CC3=C[C@@H](C/C(C)=C/[C@@H](OC(=O)C(Cl)Cl)[C@H]12)OC3=O. The minimum absolute atomic E-state index is 0.164. The number of esters is 3. The number of halogens is 2. The van der Waals surface area contributed by atoms with Gasteiger partial charge in [0.1, 0.15) is 18.3 Å². The van der Waals surface area contributed by atoms with Crippen molar-refractivity contribution in [3.05, 3.63) is 35.5 Å². The van der Waals surface area contributed by atoms with Crippen molar-refractivity contribution in [1.29, 1.82) is 0 Å². The Morgan fingerprint density at radius 2 is 1.96 bits per heavy atom. The molecule has 0 N–H and O–H groups in total. The topological polar surface area (TPSA) is 78.9 Å². The molecule has 4 atom stereocenters. The van der Waals surface area contributed by atoms with Crippen LogP contribution >= 0.6 is 23.2 Å². The molecule has 2 bridgehead atoms. The molecule has 8 heteroatoms. The first-order valence-corrected chi connectivity index (χ1v) is 8.61. The molecule has 0 radical (unpaired) electrons. The molecule has 0 aromatic rings. The molecule has 0 spiro atoms. The molecular formula is C17H16Cl2O6. The quantitative estimate of drug-likeness (QED) is 0.238. The van der Waals surface area contributed by atoms with E-state index >= 15 is 0 Å². The first-order chi connectivity index (χ1) is 11.8. The minimum Gasteiger partial charge on any atom is -0.458 e. The van der Waals surface area contributed by atoms with Crippen LogP contribution in [0.5, 0.6) is 0 Å². The van der Waals surface area contributed by atoms with Gasteiger partial charge in [0, 0.05) is 24.0 Å². The molecule has 0 unspecified atom stereocenters. The summed E-state index contributed by atoms with van der Waals surface area (Å²) in [5, 5.41) is 0. The number of fused-ring (bicyclic) bond motifs is 2. The fourth-order valence-electron chi connectivity index (χ4n) is 3.30. The monoisotopic (exact) mass is 386 g/mol. The Kier molecular flexibility index (Phi) is 4.93. The van der Waals surface area contributed by atoms with Gasteiger partial charge >= 0.3 is 17.9 Å². The third-order valence-corrected chi connectivity index (χ3v) is 4.76. The van der Waals surface area contributed by atoms with E-state index in [0.717, 1.165) is 5.57 Å². The van der Waals surface area contributed by atoms with E-state index in [9.17, 15) is 14.4 Å². The summed E-state index contributed by atoms with van der Waals surface area (Å²) in [7, 11) is 0. The van der Waals surface area contributed by atoms with Gasteiger partial charge < -0.3 is 14.2 Å². The van der Waals surface area contributed by atoms with E-state index in [2.05, 4.69) is 6.58 Å². The average Bonchev–Trinajstić information content (AvgIpc) is 2.98. The zero-order valence-electron chi connectivity index (χ0n) is 13.4. The number of alkyl halides is 2. The van der Waals surface area contributed by atoms with Gasteiger partial charge in [-0.25, -0.2) is 14.4 Å². The Morgan fingerprint density at radius 1 is 1.24 bits per heavy atom. The van der Waals surface area contributed by atoms with Crippen LogP contribution in [0.15, 0.2) is 35.5 Å². The summed E-state index contributed by atoms with van der Waals surface area (Å²) in [4.78, 5) is 34.5. The van der Waals surface area contributed by atoms with E-state index < -0.39 is 40.9 Å². The molecule has 2 aliphatic heterocycles. The molecule has 134 valence electrons. The van der Waals surface area contributed by atoms with Gasteiger partial charge in [-0.05, 0) is 19.1 Å².